The van der Waals surface area contributed by atoms with Crippen LogP contribution in [0.3, 0.4) is 0 Å². The standard InChI is InChI=1S/C19H24N4O3S.ClH/c1-22-7-6-21-19(22)15-13-20-5-8-23(15)18(24)4-11-27-14-2-3-16-17(12-14)26-10-9-25-16;/h2-3,6-7,12,15,20H,4-5,8-11,13H2,1H3;1H. The number of rotatable bonds is 5. The third-order valence-corrected chi connectivity index (χ3v) is 5.81. The van der Waals surface area contributed by atoms with Crippen LogP contribution in [0.2, 0.25) is 0 Å². The normalized spacial score (nSPS) is 18.5. The van der Waals surface area contributed by atoms with Crippen LogP contribution in [0.5, 0.6) is 11.5 Å². The van der Waals surface area contributed by atoms with Gasteiger partial charge in [0.2, 0.25) is 5.91 Å². The van der Waals surface area contributed by atoms with E-state index in [1.807, 2.05) is 40.9 Å². The summed E-state index contributed by atoms with van der Waals surface area (Å²) in [5, 5.41) is 3.37. The van der Waals surface area contributed by atoms with Gasteiger partial charge in [0, 0.05) is 56.1 Å². The molecule has 0 aliphatic carbocycles. The molecule has 0 spiro atoms. The molecule has 28 heavy (non-hydrogen) atoms. The van der Waals surface area contributed by atoms with Gasteiger partial charge >= 0.3 is 0 Å². The van der Waals surface area contributed by atoms with Crippen LogP contribution in [0, 0.1) is 0 Å². The predicted octanol–water partition coefficient (Wildman–Crippen LogP) is 2.27. The molecule has 0 saturated carbocycles. The van der Waals surface area contributed by atoms with E-state index in [-0.39, 0.29) is 24.4 Å². The molecule has 1 amide bonds. The number of carbonyl (C=O) groups is 1. The Balaban J connectivity index is 0.00000225. The van der Waals surface area contributed by atoms with Crippen LogP contribution in [0.1, 0.15) is 18.3 Å². The number of aromatic nitrogens is 2. The first-order valence-electron chi connectivity index (χ1n) is 9.22. The Bertz CT molecular complexity index is 816. The Hall–Kier alpha value is -1.90. The van der Waals surface area contributed by atoms with E-state index in [0.717, 1.165) is 41.1 Å². The molecule has 1 unspecified atom stereocenters. The smallest absolute Gasteiger partial charge is 0.224 e. The van der Waals surface area contributed by atoms with Crippen LogP contribution < -0.4 is 14.8 Å². The molecule has 1 aromatic carbocycles. The highest BCUT2D eigenvalue weighted by molar-refractivity contribution is 7.99. The van der Waals surface area contributed by atoms with Crippen LogP contribution in [0.25, 0.3) is 0 Å². The molecule has 2 aliphatic rings. The van der Waals surface area contributed by atoms with Gasteiger partial charge in [-0.3, -0.25) is 4.79 Å². The quantitative estimate of drug-likeness (QED) is 0.742. The van der Waals surface area contributed by atoms with E-state index in [4.69, 9.17) is 9.47 Å². The highest BCUT2D eigenvalue weighted by Gasteiger charge is 2.30. The van der Waals surface area contributed by atoms with Gasteiger partial charge in [-0.2, -0.15) is 0 Å². The van der Waals surface area contributed by atoms with Crippen LogP contribution in [0.4, 0.5) is 0 Å². The van der Waals surface area contributed by atoms with Crippen molar-refractivity contribution in [2.75, 3.05) is 38.6 Å². The Morgan fingerprint density at radius 1 is 1.32 bits per heavy atom. The lowest BCUT2D eigenvalue weighted by Gasteiger charge is -2.35. The van der Waals surface area contributed by atoms with E-state index in [9.17, 15) is 4.79 Å². The molecule has 9 heteroatoms. The summed E-state index contributed by atoms with van der Waals surface area (Å²) in [6.45, 7) is 3.45. The van der Waals surface area contributed by atoms with E-state index in [1.165, 1.54) is 0 Å². The van der Waals surface area contributed by atoms with Crippen LogP contribution in [-0.4, -0.2) is 59.0 Å². The van der Waals surface area contributed by atoms with Gasteiger partial charge in [0.25, 0.3) is 0 Å². The van der Waals surface area contributed by atoms with Crippen molar-refractivity contribution < 1.29 is 14.3 Å². The van der Waals surface area contributed by atoms with Gasteiger partial charge in [-0.1, -0.05) is 0 Å². The number of halogens is 1. The first kappa shape index (κ1) is 20.8. The molecule has 0 radical (unpaired) electrons. The van der Waals surface area contributed by atoms with Gasteiger partial charge in [-0.15, -0.1) is 24.2 Å². The number of nitrogens with zero attached hydrogens (tertiary/aromatic N) is 3. The lowest BCUT2D eigenvalue weighted by Crippen LogP contribution is -2.49. The summed E-state index contributed by atoms with van der Waals surface area (Å²) in [4.78, 5) is 20.3. The molecule has 1 saturated heterocycles. The lowest BCUT2D eigenvalue weighted by molar-refractivity contribution is -0.134. The van der Waals surface area contributed by atoms with Gasteiger partial charge in [-0.05, 0) is 18.2 Å². The summed E-state index contributed by atoms with van der Waals surface area (Å²) >= 11 is 1.67. The largest absolute Gasteiger partial charge is 0.486 e. The molecule has 2 aromatic rings. The van der Waals surface area contributed by atoms with Gasteiger partial charge in [-0.25, -0.2) is 4.98 Å². The zero-order valence-electron chi connectivity index (χ0n) is 15.8. The summed E-state index contributed by atoms with van der Waals surface area (Å²) in [7, 11) is 1.97. The summed E-state index contributed by atoms with van der Waals surface area (Å²) in [5.41, 5.74) is 0. The number of benzene rings is 1. The molecule has 4 rings (SSSR count). The van der Waals surface area contributed by atoms with Gasteiger partial charge in [0.15, 0.2) is 11.5 Å². The second-order valence-corrected chi connectivity index (χ2v) is 7.78. The van der Waals surface area contributed by atoms with Gasteiger partial charge in [0.1, 0.15) is 25.1 Å². The van der Waals surface area contributed by atoms with E-state index >= 15 is 0 Å². The molecule has 7 nitrogen and oxygen atoms in total. The SMILES string of the molecule is Cl.Cn1ccnc1C1CNCCN1C(=O)CCSc1ccc2c(c1)OCCO2. The van der Waals surface area contributed by atoms with E-state index in [0.29, 0.717) is 26.2 Å². The zero-order chi connectivity index (χ0) is 18.6. The number of fused-ring (bicyclic) bond motifs is 1. The van der Waals surface area contributed by atoms with Crippen molar-refractivity contribution in [3.05, 3.63) is 36.4 Å². The van der Waals surface area contributed by atoms with Gasteiger partial charge < -0.3 is 24.3 Å². The molecule has 3 heterocycles. The number of ether oxygens (including phenoxy) is 2. The Morgan fingerprint density at radius 3 is 2.93 bits per heavy atom. The van der Waals surface area contributed by atoms with Crippen molar-refractivity contribution >= 4 is 30.1 Å². The summed E-state index contributed by atoms with van der Waals surface area (Å²) < 4.78 is 13.2. The maximum atomic E-state index is 12.8. The number of carbonyl (C=O) groups excluding carboxylic acids is 1. The molecule has 1 N–H and O–H groups in total. The first-order chi connectivity index (χ1) is 13.2. The number of thioether (sulfide) groups is 1. The molecule has 2 aliphatic heterocycles. The summed E-state index contributed by atoms with van der Waals surface area (Å²) in [6.07, 6.45) is 4.20. The molecule has 1 aromatic heterocycles. The second-order valence-electron chi connectivity index (χ2n) is 6.61. The number of hydrogen-bond acceptors (Lipinski definition) is 6. The predicted molar refractivity (Wildman–Crippen MR) is 111 cm³/mol. The third kappa shape index (κ3) is 4.56. The monoisotopic (exact) mass is 424 g/mol. The topological polar surface area (TPSA) is 68.6 Å². The number of amides is 1. The van der Waals surface area contributed by atoms with Crippen LogP contribution in [0.15, 0.2) is 35.5 Å². The summed E-state index contributed by atoms with van der Waals surface area (Å²) in [5.74, 6) is 3.41. The van der Waals surface area contributed by atoms with E-state index in [2.05, 4.69) is 10.3 Å². The lowest BCUT2D eigenvalue weighted by atomic mass is 10.1. The highest BCUT2D eigenvalue weighted by Crippen LogP contribution is 2.34. The molecule has 152 valence electrons. The Kier molecular flexibility index (Phi) is 7.09. The number of imidazole rings is 1. The van der Waals surface area contributed by atoms with E-state index in [1.54, 1.807) is 18.0 Å². The van der Waals surface area contributed by atoms with Crippen molar-refractivity contribution in [3.63, 3.8) is 0 Å². The van der Waals surface area contributed by atoms with E-state index < -0.39 is 0 Å². The average Bonchev–Trinajstić information content (AvgIpc) is 3.13. The fourth-order valence-electron chi connectivity index (χ4n) is 3.45. The van der Waals surface area contributed by atoms with Crippen molar-refractivity contribution in [2.24, 2.45) is 7.05 Å². The third-order valence-electron chi connectivity index (χ3n) is 4.82. The average molecular weight is 425 g/mol. The number of nitrogens with one attached hydrogen (secondary N) is 1. The van der Waals surface area contributed by atoms with Crippen molar-refractivity contribution in [1.29, 1.82) is 0 Å². The second kappa shape index (κ2) is 9.54. The van der Waals surface area contributed by atoms with Crippen molar-refractivity contribution in [2.45, 2.75) is 17.4 Å². The molecular formula is C19H25ClN4O3S. The maximum absolute atomic E-state index is 12.8. The van der Waals surface area contributed by atoms with Crippen LogP contribution in [-0.2, 0) is 11.8 Å². The molecule has 1 atom stereocenters. The summed E-state index contributed by atoms with van der Waals surface area (Å²) in [6, 6.07) is 5.94. The number of hydrogen-bond donors (Lipinski definition) is 1. The maximum Gasteiger partial charge on any atom is 0.224 e. The highest BCUT2D eigenvalue weighted by atomic mass is 35.5. The molecular weight excluding hydrogens is 400 g/mol. The zero-order valence-corrected chi connectivity index (χ0v) is 17.4. The number of piperazine rings is 1. The van der Waals surface area contributed by atoms with Crippen molar-refractivity contribution in [3.8, 4) is 11.5 Å². The van der Waals surface area contributed by atoms with Gasteiger partial charge in [0.05, 0.1) is 0 Å². The molecule has 0 bridgehead atoms. The molecule has 1 fully saturated rings. The first-order valence-corrected chi connectivity index (χ1v) is 10.2. The number of aryl methyl sites for hydroxylation is 1. The fourth-order valence-corrected chi connectivity index (χ4v) is 4.31. The van der Waals surface area contributed by atoms with Crippen molar-refractivity contribution in [1.82, 2.24) is 19.8 Å². The fraction of sp³-hybridized carbons (Fsp3) is 0.474. The minimum atomic E-state index is -0.00876. The minimum absolute atomic E-state index is 0. The Labute approximate surface area is 175 Å². The van der Waals surface area contributed by atoms with Crippen LogP contribution >= 0.6 is 24.2 Å². The Morgan fingerprint density at radius 2 is 2.14 bits per heavy atom. The minimum Gasteiger partial charge on any atom is -0.486 e.